The van der Waals surface area contributed by atoms with Gasteiger partial charge in [0, 0.05) is 11.4 Å². The van der Waals surface area contributed by atoms with E-state index in [2.05, 4.69) is 6.07 Å². The van der Waals surface area contributed by atoms with Crippen LogP contribution < -0.4 is 11.4 Å². The molecule has 2 N–H and O–H groups in total. The van der Waals surface area contributed by atoms with Crippen LogP contribution in [0.4, 0.5) is 5.82 Å². The summed E-state index contributed by atoms with van der Waals surface area (Å²) in [6, 6.07) is 9.61. The van der Waals surface area contributed by atoms with E-state index in [-0.39, 0.29) is 11.7 Å². The molecule has 2 aromatic heterocycles. The Kier molecular flexibility index (Phi) is 3.12. The molecule has 1 aromatic carbocycles. The second kappa shape index (κ2) is 5.17. The minimum atomic E-state index is -0.382. The van der Waals surface area contributed by atoms with E-state index in [4.69, 9.17) is 10.2 Å². The van der Waals surface area contributed by atoms with Gasteiger partial charge in [0.05, 0.1) is 10.8 Å². The lowest BCUT2D eigenvalue weighted by molar-refractivity contribution is 0.351. The average molecular weight is 307 g/mol. The van der Waals surface area contributed by atoms with Crippen LogP contribution in [0.5, 0.6) is 0 Å². The predicted molar refractivity (Wildman–Crippen MR) is 89.2 cm³/mol. The number of hydrogen-bond acceptors (Lipinski definition) is 4. The molecule has 5 nitrogen and oxygen atoms in total. The van der Waals surface area contributed by atoms with E-state index in [1.54, 1.807) is 12.1 Å². The molecule has 0 atom stereocenters. The average Bonchev–Trinajstić information content (AvgIpc) is 2.87. The topological polar surface area (TPSA) is 84.9 Å². The smallest absolute Gasteiger partial charge is 0.345 e. The SMILES string of the molecule is N#Cc1c(N)n(C2CCCCC2)c2oc(=O)c3ccccc3c12. The summed E-state index contributed by atoms with van der Waals surface area (Å²) in [7, 11) is 0. The van der Waals surface area contributed by atoms with Gasteiger partial charge in [0.25, 0.3) is 0 Å². The van der Waals surface area contributed by atoms with Crippen molar-refractivity contribution in [3.8, 4) is 6.07 Å². The predicted octanol–water partition coefficient (Wildman–Crippen LogP) is 3.71. The van der Waals surface area contributed by atoms with Gasteiger partial charge in [-0.3, -0.25) is 4.57 Å². The van der Waals surface area contributed by atoms with Crippen LogP contribution in [0.25, 0.3) is 21.9 Å². The Bertz CT molecular complexity index is 1000. The molecule has 1 fully saturated rings. The molecule has 116 valence electrons. The van der Waals surface area contributed by atoms with E-state index in [9.17, 15) is 10.1 Å². The Labute approximate surface area is 132 Å². The Hall–Kier alpha value is -2.74. The Balaban J connectivity index is 2.14. The molecule has 0 bridgehead atoms. The van der Waals surface area contributed by atoms with Crippen molar-refractivity contribution >= 4 is 27.7 Å². The molecule has 5 heteroatoms. The Morgan fingerprint density at radius 3 is 2.57 bits per heavy atom. The maximum absolute atomic E-state index is 12.3. The lowest BCUT2D eigenvalue weighted by atomic mass is 9.95. The summed E-state index contributed by atoms with van der Waals surface area (Å²) in [5.74, 6) is 0.411. The van der Waals surface area contributed by atoms with Crippen molar-refractivity contribution < 1.29 is 4.42 Å². The van der Waals surface area contributed by atoms with Crippen LogP contribution in [0, 0.1) is 11.3 Å². The van der Waals surface area contributed by atoms with Gasteiger partial charge < -0.3 is 10.2 Å². The molecule has 0 radical (unpaired) electrons. The highest BCUT2D eigenvalue weighted by molar-refractivity contribution is 6.08. The third kappa shape index (κ3) is 1.95. The zero-order valence-corrected chi connectivity index (χ0v) is 12.7. The summed E-state index contributed by atoms with van der Waals surface area (Å²) in [6.45, 7) is 0. The van der Waals surface area contributed by atoms with Crippen LogP contribution >= 0.6 is 0 Å². The van der Waals surface area contributed by atoms with E-state index in [0.717, 1.165) is 31.1 Å². The normalized spacial score (nSPS) is 16.0. The molecular formula is C18H17N3O2. The second-order valence-electron chi connectivity index (χ2n) is 6.15. The van der Waals surface area contributed by atoms with Crippen LogP contribution in [0.3, 0.4) is 0 Å². The van der Waals surface area contributed by atoms with E-state index >= 15 is 0 Å². The Morgan fingerprint density at radius 1 is 1.17 bits per heavy atom. The highest BCUT2D eigenvalue weighted by Crippen LogP contribution is 2.39. The zero-order valence-electron chi connectivity index (χ0n) is 12.7. The lowest BCUT2D eigenvalue weighted by Gasteiger charge is -2.24. The van der Waals surface area contributed by atoms with Gasteiger partial charge in [-0.2, -0.15) is 5.26 Å². The van der Waals surface area contributed by atoms with Gasteiger partial charge in [0.15, 0.2) is 0 Å². The van der Waals surface area contributed by atoms with Crippen LogP contribution in [0.1, 0.15) is 43.7 Å². The van der Waals surface area contributed by atoms with E-state index < -0.39 is 0 Å². The zero-order chi connectivity index (χ0) is 16.0. The molecule has 1 aliphatic rings. The number of anilines is 1. The van der Waals surface area contributed by atoms with Gasteiger partial charge in [0.2, 0.25) is 5.71 Å². The summed E-state index contributed by atoms with van der Waals surface area (Å²) in [4.78, 5) is 12.3. The lowest BCUT2D eigenvalue weighted by Crippen LogP contribution is -2.15. The molecule has 1 saturated carbocycles. The summed E-state index contributed by atoms with van der Waals surface area (Å²) in [6.07, 6.45) is 5.46. The highest BCUT2D eigenvalue weighted by Gasteiger charge is 2.26. The number of hydrogen-bond donors (Lipinski definition) is 1. The van der Waals surface area contributed by atoms with Crippen LogP contribution in [-0.2, 0) is 0 Å². The number of fused-ring (bicyclic) bond motifs is 3. The molecule has 0 unspecified atom stereocenters. The van der Waals surface area contributed by atoms with Gasteiger partial charge in [0.1, 0.15) is 17.5 Å². The van der Waals surface area contributed by atoms with Crippen LogP contribution in [-0.4, -0.2) is 4.57 Å². The number of nitrogens with zero attached hydrogens (tertiary/aromatic N) is 2. The van der Waals surface area contributed by atoms with E-state index in [0.29, 0.717) is 27.9 Å². The number of benzene rings is 1. The van der Waals surface area contributed by atoms with Crippen LogP contribution in [0.2, 0.25) is 0 Å². The fourth-order valence-corrected chi connectivity index (χ4v) is 3.77. The van der Waals surface area contributed by atoms with Crippen molar-refractivity contribution in [3.05, 3.63) is 40.2 Å². The number of nitriles is 1. The summed E-state index contributed by atoms with van der Waals surface area (Å²) < 4.78 is 7.47. The maximum Gasteiger partial charge on any atom is 0.345 e. The molecule has 4 rings (SSSR count). The minimum absolute atomic E-state index is 0.192. The van der Waals surface area contributed by atoms with E-state index in [1.165, 1.54) is 6.42 Å². The molecular weight excluding hydrogens is 290 g/mol. The van der Waals surface area contributed by atoms with Gasteiger partial charge >= 0.3 is 5.63 Å². The number of nitrogen functional groups attached to an aromatic ring is 1. The molecule has 0 aliphatic heterocycles. The number of rotatable bonds is 1. The molecule has 23 heavy (non-hydrogen) atoms. The molecule has 0 spiro atoms. The molecule has 1 aliphatic carbocycles. The second-order valence-corrected chi connectivity index (χ2v) is 6.15. The first kappa shape index (κ1) is 13.9. The minimum Gasteiger partial charge on any atom is -0.405 e. The van der Waals surface area contributed by atoms with Gasteiger partial charge in [-0.15, -0.1) is 0 Å². The first-order valence-electron chi connectivity index (χ1n) is 7.97. The number of aromatic nitrogens is 1. The largest absolute Gasteiger partial charge is 0.405 e. The van der Waals surface area contributed by atoms with Crippen molar-refractivity contribution in [3.63, 3.8) is 0 Å². The fourth-order valence-electron chi connectivity index (χ4n) is 3.77. The van der Waals surface area contributed by atoms with Gasteiger partial charge in [-0.05, 0) is 18.9 Å². The molecule has 3 aromatic rings. The third-order valence-corrected chi connectivity index (χ3v) is 4.86. The first-order chi connectivity index (χ1) is 11.2. The summed E-state index contributed by atoms with van der Waals surface area (Å²) in [5, 5.41) is 11.5. The van der Waals surface area contributed by atoms with Crippen LogP contribution in [0.15, 0.2) is 33.5 Å². The molecule has 0 saturated heterocycles. The van der Waals surface area contributed by atoms with Crippen molar-refractivity contribution in [2.75, 3.05) is 5.73 Å². The standard InChI is InChI=1S/C18H17N3O2/c19-10-14-15-12-8-4-5-9-13(12)18(22)23-17(15)21(16(14)20)11-6-2-1-3-7-11/h4-5,8-9,11H,1-3,6-7,20H2. The van der Waals surface area contributed by atoms with Gasteiger partial charge in [-0.25, -0.2) is 4.79 Å². The quantitative estimate of drug-likeness (QED) is 0.742. The summed E-state index contributed by atoms with van der Waals surface area (Å²) >= 11 is 0. The van der Waals surface area contributed by atoms with Crippen molar-refractivity contribution in [1.82, 2.24) is 4.57 Å². The maximum atomic E-state index is 12.3. The highest BCUT2D eigenvalue weighted by atomic mass is 16.4. The Morgan fingerprint density at radius 2 is 1.87 bits per heavy atom. The van der Waals surface area contributed by atoms with Crippen molar-refractivity contribution in [2.45, 2.75) is 38.1 Å². The first-order valence-corrected chi connectivity index (χ1v) is 7.97. The monoisotopic (exact) mass is 307 g/mol. The van der Waals surface area contributed by atoms with Crippen molar-refractivity contribution in [2.24, 2.45) is 0 Å². The van der Waals surface area contributed by atoms with Crippen molar-refractivity contribution in [1.29, 1.82) is 5.26 Å². The molecule has 2 heterocycles. The molecule has 0 amide bonds. The third-order valence-electron chi connectivity index (χ3n) is 4.86. The van der Waals surface area contributed by atoms with Gasteiger partial charge in [-0.1, -0.05) is 37.5 Å². The summed E-state index contributed by atoms with van der Waals surface area (Å²) in [5.41, 5.74) is 6.74. The number of nitrogens with two attached hydrogens (primary N) is 1. The fraction of sp³-hybridized carbons (Fsp3) is 0.333. The van der Waals surface area contributed by atoms with E-state index in [1.807, 2.05) is 16.7 Å².